The Labute approximate surface area is 164 Å². The SMILES string of the molecule is COc1ccc(NC(=O)c2ccnc(C(=O)N3CCC(C)CC3)c2)c(OC)c1. The summed E-state index contributed by atoms with van der Waals surface area (Å²) in [7, 11) is 3.08. The highest BCUT2D eigenvalue weighted by atomic mass is 16.5. The minimum Gasteiger partial charge on any atom is -0.497 e. The summed E-state index contributed by atoms with van der Waals surface area (Å²) in [6.45, 7) is 3.64. The molecule has 2 aromatic rings. The van der Waals surface area contributed by atoms with Crippen molar-refractivity contribution in [3.8, 4) is 11.5 Å². The molecular formula is C21H25N3O4. The van der Waals surface area contributed by atoms with Gasteiger partial charge in [-0.15, -0.1) is 0 Å². The van der Waals surface area contributed by atoms with Gasteiger partial charge in [0, 0.05) is 30.9 Å². The van der Waals surface area contributed by atoms with Crippen LogP contribution >= 0.6 is 0 Å². The van der Waals surface area contributed by atoms with Gasteiger partial charge in [0.1, 0.15) is 17.2 Å². The normalized spacial score (nSPS) is 14.5. The molecule has 1 aromatic carbocycles. The van der Waals surface area contributed by atoms with Gasteiger partial charge in [-0.3, -0.25) is 14.6 Å². The van der Waals surface area contributed by atoms with Crippen molar-refractivity contribution in [2.75, 3.05) is 32.6 Å². The van der Waals surface area contributed by atoms with E-state index in [0.717, 1.165) is 25.9 Å². The van der Waals surface area contributed by atoms with Gasteiger partial charge in [-0.2, -0.15) is 0 Å². The van der Waals surface area contributed by atoms with Crippen LogP contribution in [0.1, 0.15) is 40.6 Å². The molecule has 28 heavy (non-hydrogen) atoms. The summed E-state index contributed by atoms with van der Waals surface area (Å²) in [5.41, 5.74) is 1.16. The molecule has 0 spiro atoms. The van der Waals surface area contributed by atoms with Gasteiger partial charge in [-0.1, -0.05) is 6.92 Å². The van der Waals surface area contributed by atoms with E-state index >= 15 is 0 Å². The predicted octanol–water partition coefficient (Wildman–Crippen LogP) is 3.22. The summed E-state index contributed by atoms with van der Waals surface area (Å²) < 4.78 is 10.5. The second kappa shape index (κ2) is 8.73. The molecule has 7 nitrogen and oxygen atoms in total. The van der Waals surface area contributed by atoms with Crippen LogP contribution in [-0.2, 0) is 0 Å². The van der Waals surface area contributed by atoms with Gasteiger partial charge < -0.3 is 19.7 Å². The maximum Gasteiger partial charge on any atom is 0.272 e. The summed E-state index contributed by atoms with van der Waals surface area (Å²) in [5, 5.41) is 2.81. The average molecular weight is 383 g/mol. The zero-order chi connectivity index (χ0) is 20.1. The van der Waals surface area contributed by atoms with Gasteiger partial charge in [0.25, 0.3) is 11.8 Å². The van der Waals surface area contributed by atoms with Crippen LogP contribution in [0.5, 0.6) is 11.5 Å². The first kappa shape index (κ1) is 19.7. The fourth-order valence-electron chi connectivity index (χ4n) is 3.16. The molecule has 0 radical (unpaired) electrons. The number of nitrogens with zero attached hydrogens (tertiary/aromatic N) is 2. The molecule has 1 N–H and O–H groups in total. The lowest BCUT2D eigenvalue weighted by atomic mass is 9.99. The molecule has 2 heterocycles. The Morgan fingerprint density at radius 2 is 1.86 bits per heavy atom. The molecule has 3 rings (SSSR count). The van der Waals surface area contributed by atoms with Crippen LogP contribution in [0.4, 0.5) is 5.69 Å². The van der Waals surface area contributed by atoms with Gasteiger partial charge in [-0.25, -0.2) is 0 Å². The number of nitrogens with one attached hydrogen (secondary N) is 1. The maximum atomic E-state index is 12.7. The monoisotopic (exact) mass is 383 g/mol. The first-order valence-electron chi connectivity index (χ1n) is 9.30. The van der Waals surface area contributed by atoms with Crippen molar-refractivity contribution >= 4 is 17.5 Å². The predicted molar refractivity (Wildman–Crippen MR) is 106 cm³/mol. The number of methoxy groups -OCH3 is 2. The Bertz CT molecular complexity index is 860. The summed E-state index contributed by atoms with van der Waals surface area (Å²) in [6.07, 6.45) is 3.46. The van der Waals surface area contributed by atoms with Crippen LogP contribution in [0.25, 0.3) is 0 Å². The number of benzene rings is 1. The van der Waals surface area contributed by atoms with Gasteiger partial charge in [0.2, 0.25) is 0 Å². The zero-order valence-corrected chi connectivity index (χ0v) is 16.4. The third-order valence-electron chi connectivity index (χ3n) is 4.97. The topological polar surface area (TPSA) is 80.8 Å². The summed E-state index contributed by atoms with van der Waals surface area (Å²) in [5.74, 6) is 1.27. The van der Waals surface area contributed by atoms with Crippen molar-refractivity contribution in [2.24, 2.45) is 5.92 Å². The number of piperidine rings is 1. The third-order valence-corrected chi connectivity index (χ3v) is 4.97. The number of ether oxygens (including phenoxy) is 2. The van der Waals surface area contributed by atoms with Crippen molar-refractivity contribution in [3.05, 3.63) is 47.8 Å². The highest BCUT2D eigenvalue weighted by Crippen LogP contribution is 2.29. The average Bonchev–Trinajstić information content (AvgIpc) is 2.74. The number of pyridine rings is 1. The molecule has 0 unspecified atom stereocenters. The molecule has 0 atom stereocenters. The highest BCUT2D eigenvalue weighted by Gasteiger charge is 2.23. The third kappa shape index (κ3) is 4.42. The second-order valence-corrected chi connectivity index (χ2v) is 6.92. The molecule has 0 aliphatic carbocycles. The molecule has 1 aliphatic heterocycles. The second-order valence-electron chi connectivity index (χ2n) is 6.92. The molecule has 1 fully saturated rings. The number of carbonyl (C=O) groups excluding carboxylic acids is 2. The van der Waals surface area contributed by atoms with E-state index in [0.29, 0.717) is 28.7 Å². The van der Waals surface area contributed by atoms with Crippen LogP contribution in [-0.4, -0.2) is 49.0 Å². The minimum absolute atomic E-state index is 0.136. The maximum absolute atomic E-state index is 12.7. The number of rotatable bonds is 5. The zero-order valence-electron chi connectivity index (χ0n) is 16.4. The van der Waals surface area contributed by atoms with E-state index < -0.39 is 0 Å². The molecule has 0 saturated carbocycles. The molecule has 1 saturated heterocycles. The highest BCUT2D eigenvalue weighted by molar-refractivity contribution is 6.06. The molecule has 2 amide bonds. The van der Waals surface area contributed by atoms with Crippen LogP contribution in [0, 0.1) is 5.92 Å². The first-order chi connectivity index (χ1) is 13.5. The summed E-state index contributed by atoms with van der Waals surface area (Å²) in [6, 6.07) is 8.25. The van der Waals surface area contributed by atoms with Crippen LogP contribution in [0.2, 0.25) is 0 Å². The molecule has 1 aliphatic rings. The molecule has 0 bridgehead atoms. The molecule has 7 heteroatoms. The number of likely N-dealkylation sites (tertiary alicyclic amines) is 1. The van der Waals surface area contributed by atoms with Gasteiger partial charge >= 0.3 is 0 Å². The van der Waals surface area contributed by atoms with E-state index in [4.69, 9.17) is 9.47 Å². The molecule has 148 valence electrons. The Balaban J connectivity index is 1.75. The van der Waals surface area contributed by atoms with E-state index in [1.165, 1.54) is 19.4 Å². The first-order valence-corrected chi connectivity index (χ1v) is 9.30. The summed E-state index contributed by atoms with van der Waals surface area (Å²) in [4.78, 5) is 31.4. The Kier molecular flexibility index (Phi) is 6.13. The van der Waals surface area contributed by atoms with Crippen LogP contribution in [0.15, 0.2) is 36.5 Å². The van der Waals surface area contributed by atoms with Crippen molar-refractivity contribution in [3.63, 3.8) is 0 Å². The van der Waals surface area contributed by atoms with E-state index in [1.54, 1.807) is 36.3 Å². The smallest absolute Gasteiger partial charge is 0.272 e. The minimum atomic E-state index is -0.341. The number of hydrogen-bond donors (Lipinski definition) is 1. The quantitative estimate of drug-likeness (QED) is 0.857. The lowest BCUT2D eigenvalue weighted by Crippen LogP contribution is -2.38. The Morgan fingerprint density at radius 3 is 2.54 bits per heavy atom. The van der Waals surface area contributed by atoms with E-state index in [-0.39, 0.29) is 17.5 Å². The van der Waals surface area contributed by atoms with Crippen molar-refractivity contribution in [1.29, 1.82) is 0 Å². The lowest BCUT2D eigenvalue weighted by molar-refractivity contribution is 0.0691. The number of anilines is 1. The number of amides is 2. The standard InChI is InChI=1S/C21H25N3O4/c1-14-7-10-24(11-8-14)21(26)18-12-15(6-9-22-18)20(25)23-17-5-4-16(27-2)13-19(17)28-3/h4-6,9,12-14H,7-8,10-11H2,1-3H3,(H,23,25). The number of carbonyl (C=O) groups is 2. The Morgan fingerprint density at radius 1 is 1.11 bits per heavy atom. The van der Waals surface area contributed by atoms with E-state index in [2.05, 4.69) is 17.2 Å². The van der Waals surface area contributed by atoms with Crippen LogP contribution < -0.4 is 14.8 Å². The number of hydrogen-bond acceptors (Lipinski definition) is 5. The van der Waals surface area contributed by atoms with Crippen molar-refractivity contribution in [2.45, 2.75) is 19.8 Å². The van der Waals surface area contributed by atoms with Gasteiger partial charge in [-0.05, 0) is 43.0 Å². The fraction of sp³-hybridized carbons (Fsp3) is 0.381. The van der Waals surface area contributed by atoms with E-state index in [1.807, 2.05) is 0 Å². The number of aromatic nitrogens is 1. The largest absolute Gasteiger partial charge is 0.497 e. The summed E-state index contributed by atoms with van der Waals surface area (Å²) >= 11 is 0. The lowest BCUT2D eigenvalue weighted by Gasteiger charge is -2.30. The van der Waals surface area contributed by atoms with E-state index in [9.17, 15) is 9.59 Å². The van der Waals surface area contributed by atoms with Gasteiger partial charge in [0.05, 0.1) is 19.9 Å². The van der Waals surface area contributed by atoms with Crippen LogP contribution in [0.3, 0.4) is 0 Å². The molecular weight excluding hydrogens is 358 g/mol. The van der Waals surface area contributed by atoms with Crippen molar-refractivity contribution in [1.82, 2.24) is 9.88 Å². The fourth-order valence-corrected chi connectivity index (χ4v) is 3.16. The van der Waals surface area contributed by atoms with Crippen molar-refractivity contribution < 1.29 is 19.1 Å². The Hall–Kier alpha value is -3.09. The van der Waals surface area contributed by atoms with Gasteiger partial charge in [0.15, 0.2) is 0 Å². The molecule has 1 aromatic heterocycles.